The number of amides is 5. The second-order valence-electron chi connectivity index (χ2n) is 17.3. The molecule has 2 aromatic carbocycles. The van der Waals surface area contributed by atoms with Crippen molar-refractivity contribution in [1.82, 2.24) is 25.8 Å². The van der Waals surface area contributed by atoms with Crippen molar-refractivity contribution in [3.8, 4) is 0 Å². The SMILES string of the molecule is COC(=O)CNC(=O)[C@@H]1CS[C@H]2[C@@H](OCc3ccccc3)[C@H]3OC(C)(C)O[C@@H]3[C@@H](NC(=O)CNC(=O)[C@@H]3CS[C@H]4[C@@H](OCc5ccccc5)[C@H]5OC(C)(C)O[C@@H]5[C@@H](N=[N+]=[N-])C(=O)N34)C(=O)N12. The van der Waals surface area contributed by atoms with Crippen LogP contribution >= 0.6 is 23.5 Å². The van der Waals surface area contributed by atoms with Gasteiger partial charge in [0.15, 0.2) is 11.6 Å². The van der Waals surface area contributed by atoms with Gasteiger partial charge in [0.1, 0.15) is 78.1 Å². The molecule has 354 valence electrons. The first-order chi connectivity index (χ1) is 31.6. The summed E-state index contributed by atoms with van der Waals surface area (Å²) in [6.45, 7) is 5.93. The van der Waals surface area contributed by atoms with Gasteiger partial charge in [-0.15, -0.1) is 23.5 Å². The van der Waals surface area contributed by atoms with E-state index in [-0.39, 0.29) is 24.7 Å². The Bertz CT molecular complexity index is 2220. The lowest BCUT2D eigenvalue weighted by Crippen LogP contribution is -2.60. The first-order valence-electron chi connectivity index (χ1n) is 21.5. The number of nitrogens with zero attached hydrogens (tertiary/aromatic N) is 5. The Labute approximate surface area is 388 Å². The molecule has 0 spiro atoms. The number of benzene rings is 2. The predicted molar refractivity (Wildman–Crippen MR) is 234 cm³/mol. The number of carbonyl (C=O) groups excluding carboxylic acids is 6. The first-order valence-corrected chi connectivity index (χ1v) is 23.5. The Balaban J connectivity index is 1.02. The third-order valence-corrected chi connectivity index (χ3v) is 14.7. The Morgan fingerprint density at radius 2 is 1.20 bits per heavy atom. The number of hydrogen-bond acceptors (Lipinski definition) is 16. The third-order valence-electron chi connectivity index (χ3n) is 12.0. The zero-order valence-electron chi connectivity index (χ0n) is 36.8. The highest BCUT2D eigenvalue weighted by atomic mass is 32.2. The molecular weight excluding hydrogens is 901 g/mol. The summed E-state index contributed by atoms with van der Waals surface area (Å²) in [7, 11) is 1.19. The van der Waals surface area contributed by atoms with Gasteiger partial charge in [-0.25, -0.2) is 0 Å². The molecular formula is C43H52N8O13S2. The highest BCUT2D eigenvalue weighted by Gasteiger charge is 2.63. The minimum Gasteiger partial charge on any atom is -0.468 e. The highest BCUT2D eigenvalue weighted by Crippen LogP contribution is 2.46. The molecule has 6 fully saturated rings. The van der Waals surface area contributed by atoms with Gasteiger partial charge in [0.25, 0.3) is 0 Å². The number of esters is 1. The number of carbonyl (C=O) groups is 6. The van der Waals surface area contributed by atoms with E-state index in [2.05, 4.69) is 30.7 Å². The van der Waals surface area contributed by atoms with Gasteiger partial charge < -0.3 is 58.9 Å². The maximum absolute atomic E-state index is 14.8. The lowest BCUT2D eigenvalue weighted by molar-refractivity contribution is -0.173. The summed E-state index contributed by atoms with van der Waals surface area (Å²) in [4.78, 5) is 88.6. The van der Waals surface area contributed by atoms with Gasteiger partial charge in [0.05, 0.1) is 26.9 Å². The van der Waals surface area contributed by atoms with E-state index in [1.807, 2.05) is 60.7 Å². The molecule has 0 aromatic heterocycles. The molecule has 12 atom stereocenters. The first kappa shape index (κ1) is 47.5. The van der Waals surface area contributed by atoms with Crippen molar-refractivity contribution in [2.24, 2.45) is 5.11 Å². The molecule has 66 heavy (non-hydrogen) atoms. The van der Waals surface area contributed by atoms with Crippen molar-refractivity contribution in [1.29, 1.82) is 0 Å². The monoisotopic (exact) mass is 952 g/mol. The van der Waals surface area contributed by atoms with Crippen LogP contribution in [-0.2, 0) is 75.1 Å². The predicted octanol–water partition coefficient (Wildman–Crippen LogP) is 1.33. The van der Waals surface area contributed by atoms with Crippen LogP contribution in [-0.4, -0.2) is 160 Å². The summed E-state index contributed by atoms with van der Waals surface area (Å²) in [5.74, 6) is -6.24. The molecule has 6 aliphatic heterocycles. The quantitative estimate of drug-likeness (QED) is 0.105. The van der Waals surface area contributed by atoms with Crippen molar-refractivity contribution in [2.75, 3.05) is 31.7 Å². The number of thioether (sulfide) groups is 2. The van der Waals surface area contributed by atoms with Crippen molar-refractivity contribution in [2.45, 2.75) is 124 Å². The molecule has 2 aromatic rings. The van der Waals surface area contributed by atoms with Crippen LogP contribution in [0.2, 0.25) is 0 Å². The number of nitrogens with one attached hydrogen (secondary N) is 3. The van der Waals surface area contributed by atoms with Gasteiger partial charge in [-0.3, -0.25) is 28.8 Å². The molecule has 0 aliphatic carbocycles. The fourth-order valence-corrected chi connectivity index (χ4v) is 12.2. The zero-order chi connectivity index (χ0) is 46.9. The van der Waals surface area contributed by atoms with E-state index in [0.29, 0.717) is 0 Å². The molecule has 0 bridgehead atoms. The summed E-state index contributed by atoms with van der Waals surface area (Å²) in [5.41, 5.74) is 11.3. The number of methoxy groups -OCH3 is 1. The molecule has 0 radical (unpaired) electrons. The molecule has 3 N–H and O–H groups in total. The molecule has 23 heteroatoms. The van der Waals surface area contributed by atoms with E-state index in [9.17, 15) is 34.3 Å². The smallest absolute Gasteiger partial charge is 0.325 e. The number of rotatable bonds is 14. The van der Waals surface area contributed by atoms with E-state index in [0.717, 1.165) is 11.1 Å². The van der Waals surface area contributed by atoms with Crippen LogP contribution in [0.4, 0.5) is 0 Å². The molecule has 6 aliphatic rings. The summed E-state index contributed by atoms with van der Waals surface area (Å²) in [5, 5.41) is 10.2. The van der Waals surface area contributed by atoms with E-state index in [1.165, 1.54) is 40.4 Å². The summed E-state index contributed by atoms with van der Waals surface area (Å²) < 4.78 is 42.9. The molecule has 0 unspecified atom stereocenters. The average Bonchev–Trinajstić information content (AvgIpc) is 4.07. The van der Waals surface area contributed by atoms with Gasteiger partial charge in [-0.05, 0) is 44.4 Å². The largest absolute Gasteiger partial charge is 0.468 e. The molecule has 5 amide bonds. The fraction of sp³-hybridized carbons (Fsp3) is 0.581. The Morgan fingerprint density at radius 3 is 1.71 bits per heavy atom. The van der Waals surface area contributed by atoms with Gasteiger partial charge >= 0.3 is 5.97 Å². The molecule has 6 saturated heterocycles. The van der Waals surface area contributed by atoms with Crippen LogP contribution in [0, 0.1) is 0 Å². The number of azide groups is 1. The number of ether oxygens (including phenoxy) is 7. The minimum absolute atomic E-state index is 0.0998. The van der Waals surface area contributed by atoms with Crippen LogP contribution < -0.4 is 16.0 Å². The standard InChI is InChI=1S/C43H52N8O13S2/c1-42(2)61-30-28(38(56)50-25(37(55)46-17-27(53)58-5)21-65-40(50)34(32(30)63-42)59-18-22-12-8-6-9-13-22)47-26(52)16-45-36(54)24-20-66-41-35(60-19-23-14-10-7-11-15-23)33-31(62-43(3,4)64-33)29(48-49-44)39(57)51(24)41/h6-15,24-25,28-35,40-41H,16-21H2,1-5H3,(H,45,54)(H,46,55)(H,47,52)/t24-,25-,28+,29+,30+,31+,32-,33-,34-,35-,40-,41-/m0/s1. The molecule has 6 heterocycles. The molecule has 0 saturated carbocycles. The molecule has 21 nitrogen and oxygen atoms in total. The highest BCUT2D eigenvalue weighted by molar-refractivity contribution is 8.00. The number of hydrogen-bond donors (Lipinski definition) is 3. The van der Waals surface area contributed by atoms with Crippen molar-refractivity contribution >= 4 is 59.0 Å². The van der Waals surface area contributed by atoms with Gasteiger partial charge in [0, 0.05) is 16.4 Å². The van der Waals surface area contributed by atoms with Gasteiger partial charge in [-0.1, -0.05) is 65.8 Å². The zero-order valence-corrected chi connectivity index (χ0v) is 38.4. The van der Waals surface area contributed by atoms with Crippen molar-refractivity contribution in [3.63, 3.8) is 0 Å². The van der Waals surface area contributed by atoms with Gasteiger partial charge in [-0.2, -0.15) is 0 Å². The lowest BCUT2D eigenvalue weighted by Gasteiger charge is -2.34. The van der Waals surface area contributed by atoms with Crippen LogP contribution in [0.25, 0.3) is 10.4 Å². The third kappa shape index (κ3) is 9.85. The minimum atomic E-state index is -1.43. The fourth-order valence-electron chi connectivity index (χ4n) is 9.15. The maximum Gasteiger partial charge on any atom is 0.325 e. The normalized spacial score (nSPS) is 32.7. The summed E-state index contributed by atoms with van der Waals surface area (Å²) in [6, 6.07) is 13.7. The van der Waals surface area contributed by atoms with Crippen molar-refractivity contribution in [3.05, 3.63) is 82.2 Å². The van der Waals surface area contributed by atoms with Crippen molar-refractivity contribution < 1.29 is 61.9 Å². The second kappa shape index (κ2) is 19.7. The average molecular weight is 953 g/mol. The van der Waals surface area contributed by atoms with E-state index in [4.69, 9.17) is 28.4 Å². The van der Waals surface area contributed by atoms with Crippen LogP contribution in [0.3, 0.4) is 0 Å². The lowest BCUT2D eigenvalue weighted by atomic mass is 10.0. The van der Waals surface area contributed by atoms with Crippen LogP contribution in [0.1, 0.15) is 38.8 Å². The second-order valence-corrected chi connectivity index (χ2v) is 19.6. The Hall–Kier alpha value is -4.97. The molecule has 8 rings (SSSR count). The van der Waals surface area contributed by atoms with Crippen LogP contribution in [0.15, 0.2) is 65.8 Å². The maximum atomic E-state index is 14.8. The van der Waals surface area contributed by atoms with E-state index >= 15 is 0 Å². The Kier molecular flexibility index (Phi) is 14.2. The van der Waals surface area contributed by atoms with E-state index < -0.39 is 132 Å². The summed E-state index contributed by atoms with van der Waals surface area (Å²) >= 11 is 2.58. The van der Waals surface area contributed by atoms with Crippen LogP contribution in [0.5, 0.6) is 0 Å². The van der Waals surface area contributed by atoms with Gasteiger partial charge in [0.2, 0.25) is 29.5 Å². The number of fused-ring (bicyclic) bond motifs is 4. The topological polar surface area (TPSA) is 258 Å². The van der Waals surface area contributed by atoms with E-state index in [1.54, 1.807) is 27.7 Å². The Morgan fingerprint density at radius 1 is 0.727 bits per heavy atom. The summed E-state index contributed by atoms with van der Waals surface area (Å²) in [6.07, 6.45) is -5.63.